The van der Waals surface area contributed by atoms with Gasteiger partial charge in [0.2, 0.25) is 0 Å². The molecule has 3 aromatic rings. The molecule has 0 spiro atoms. The minimum absolute atomic E-state index is 0.0746. The molecule has 0 aliphatic heterocycles. The zero-order valence-corrected chi connectivity index (χ0v) is 10.3. The van der Waals surface area contributed by atoms with Gasteiger partial charge in [-0.2, -0.15) is 0 Å². The zero-order chi connectivity index (χ0) is 15.0. The molecule has 1 aromatic heterocycles. The van der Waals surface area contributed by atoms with Crippen molar-refractivity contribution in [3.05, 3.63) is 59.7 Å². The van der Waals surface area contributed by atoms with E-state index in [1.165, 1.54) is 24.6 Å². The standard InChI is InChI=1S/C14H6F3NO3/c15-9-3-2-8(12(16)13(9)17)14(19)21-7-1-4-11-10(5-7)18-6-20-11/h1-6H. The third-order valence-electron chi connectivity index (χ3n) is 2.77. The van der Waals surface area contributed by atoms with Crippen molar-refractivity contribution in [2.45, 2.75) is 0 Å². The van der Waals surface area contributed by atoms with Crippen molar-refractivity contribution in [3.8, 4) is 5.75 Å². The van der Waals surface area contributed by atoms with Gasteiger partial charge >= 0.3 is 5.97 Å². The summed E-state index contributed by atoms with van der Waals surface area (Å²) in [5.41, 5.74) is 0.217. The number of carbonyl (C=O) groups is 1. The predicted octanol–water partition coefficient (Wildman–Crippen LogP) is 3.46. The molecule has 106 valence electrons. The number of oxazole rings is 1. The van der Waals surface area contributed by atoms with Gasteiger partial charge < -0.3 is 9.15 Å². The van der Waals surface area contributed by atoms with Gasteiger partial charge in [0.15, 0.2) is 29.4 Å². The Kier molecular flexibility index (Phi) is 3.09. The largest absolute Gasteiger partial charge is 0.443 e. The molecule has 0 fully saturated rings. The maximum absolute atomic E-state index is 13.5. The van der Waals surface area contributed by atoms with Crippen LogP contribution in [0.5, 0.6) is 5.75 Å². The van der Waals surface area contributed by atoms with Gasteiger partial charge in [-0.05, 0) is 24.3 Å². The van der Waals surface area contributed by atoms with Gasteiger partial charge in [-0.15, -0.1) is 0 Å². The number of ether oxygens (including phenoxy) is 1. The highest BCUT2D eigenvalue weighted by molar-refractivity contribution is 5.91. The molecule has 0 amide bonds. The van der Waals surface area contributed by atoms with E-state index in [0.29, 0.717) is 17.2 Å². The molecule has 0 saturated carbocycles. The number of halogens is 3. The van der Waals surface area contributed by atoms with Crippen LogP contribution in [0.3, 0.4) is 0 Å². The van der Waals surface area contributed by atoms with Crippen molar-refractivity contribution in [2.75, 3.05) is 0 Å². The molecule has 0 radical (unpaired) electrons. The lowest BCUT2D eigenvalue weighted by Crippen LogP contribution is -2.12. The molecule has 0 aliphatic carbocycles. The Morgan fingerprint density at radius 2 is 1.90 bits per heavy atom. The first-order valence-corrected chi connectivity index (χ1v) is 5.75. The van der Waals surface area contributed by atoms with E-state index in [1.54, 1.807) is 0 Å². The van der Waals surface area contributed by atoms with Crippen LogP contribution in [0.4, 0.5) is 13.2 Å². The topological polar surface area (TPSA) is 52.3 Å². The fraction of sp³-hybridized carbons (Fsp3) is 0. The monoisotopic (exact) mass is 293 g/mol. The number of benzene rings is 2. The lowest BCUT2D eigenvalue weighted by molar-refractivity contribution is 0.0728. The van der Waals surface area contributed by atoms with Crippen molar-refractivity contribution >= 4 is 17.1 Å². The molecule has 0 aliphatic rings. The van der Waals surface area contributed by atoms with Gasteiger partial charge in [0.25, 0.3) is 0 Å². The van der Waals surface area contributed by atoms with Crippen LogP contribution in [0.15, 0.2) is 41.1 Å². The molecule has 2 aromatic carbocycles. The molecule has 0 saturated heterocycles. The Balaban J connectivity index is 1.90. The van der Waals surface area contributed by atoms with Crippen LogP contribution < -0.4 is 4.74 Å². The Hall–Kier alpha value is -2.83. The smallest absolute Gasteiger partial charge is 0.346 e. The SMILES string of the molecule is O=C(Oc1ccc2ocnc2c1)c1ccc(F)c(F)c1F. The van der Waals surface area contributed by atoms with E-state index in [1.807, 2.05) is 0 Å². The van der Waals surface area contributed by atoms with Crippen molar-refractivity contribution in [1.29, 1.82) is 0 Å². The van der Waals surface area contributed by atoms with E-state index < -0.39 is 29.0 Å². The second kappa shape index (κ2) is 4.93. The predicted molar refractivity (Wildman–Crippen MR) is 65.3 cm³/mol. The lowest BCUT2D eigenvalue weighted by Gasteiger charge is -2.05. The molecule has 3 rings (SSSR count). The van der Waals surface area contributed by atoms with Crippen LogP contribution >= 0.6 is 0 Å². The highest BCUT2D eigenvalue weighted by Gasteiger charge is 2.20. The van der Waals surface area contributed by atoms with Gasteiger partial charge in [0, 0.05) is 6.07 Å². The van der Waals surface area contributed by atoms with Crippen LogP contribution in [0.2, 0.25) is 0 Å². The second-order valence-corrected chi connectivity index (χ2v) is 4.09. The molecular weight excluding hydrogens is 287 g/mol. The molecule has 4 nitrogen and oxygen atoms in total. The zero-order valence-electron chi connectivity index (χ0n) is 10.3. The Morgan fingerprint density at radius 1 is 1.10 bits per heavy atom. The average Bonchev–Trinajstić information content (AvgIpc) is 2.92. The normalized spacial score (nSPS) is 10.8. The van der Waals surface area contributed by atoms with E-state index in [4.69, 9.17) is 9.15 Å². The summed E-state index contributed by atoms with van der Waals surface area (Å²) in [4.78, 5) is 15.6. The van der Waals surface area contributed by atoms with Crippen molar-refractivity contribution in [3.63, 3.8) is 0 Å². The van der Waals surface area contributed by atoms with E-state index in [-0.39, 0.29) is 5.75 Å². The first-order chi connectivity index (χ1) is 10.1. The van der Waals surface area contributed by atoms with Crippen molar-refractivity contribution in [1.82, 2.24) is 4.98 Å². The minimum Gasteiger partial charge on any atom is -0.443 e. The number of nitrogens with zero attached hydrogens (tertiary/aromatic N) is 1. The third-order valence-corrected chi connectivity index (χ3v) is 2.77. The molecule has 0 atom stereocenters. The van der Waals surface area contributed by atoms with Gasteiger partial charge in [0.1, 0.15) is 11.3 Å². The number of rotatable bonds is 2. The van der Waals surface area contributed by atoms with E-state index >= 15 is 0 Å². The summed E-state index contributed by atoms with van der Waals surface area (Å²) in [6.45, 7) is 0. The van der Waals surface area contributed by atoms with Crippen LogP contribution in [0.1, 0.15) is 10.4 Å². The second-order valence-electron chi connectivity index (χ2n) is 4.09. The summed E-state index contributed by atoms with van der Waals surface area (Å²) in [5, 5.41) is 0. The molecule has 0 unspecified atom stereocenters. The van der Waals surface area contributed by atoms with Gasteiger partial charge in [-0.25, -0.2) is 22.9 Å². The Bertz CT molecular complexity index is 845. The summed E-state index contributed by atoms with van der Waals surface area (Å²) in [5.74, 6) is -5.77. The van der Waals surface area contributed by atoms with Crippen molar-refractivity contribution < 1.29 is 27.1 Å². The van der Waals surface area contributed by atoms with Gasteiger partial charge in [0.05, 0.1) is 5.56 Å². The number of fused-ring (bicyclic) bond motifs is 1. The number of esters is 1. The highest BCUT2D eigenvalue weighted by Crippen LogP contribution is 2.22. The maximum Gasteiger partial charge on any atom is 0.346 e. The van der Waals surface area contributed by atoms with Crippen LogP contribution in [-0.4, -0.2) is 11.0 Å². The molecule has 0 bridgehead atoms. The number of aromatic nitrogens is 1. The lowest BCUT2D eigenvalue weighted by atomic mass is 10.2. The first kappa shape index (κ1) is 13.2. The Morgan fingerprint density at radius 3 is 2.71 bits per heavy atom. The molecular formula is C14H6F3NO3. The fourth-order valence-electron chi connectivity index (χ4n) is 1.75. The quantitative estimate of drug-likeness (QED) is 0.412. The van der Waals surface area contributed by atoms with Crippen LogP contribution in [-0.2, 0) is 0 Å². The van der Waals surface area contributed by atoms with Gasteiger partial charge in [-0.1, -0.05) is 0 Å². The molecule has 7 heteroatoms. The number of carbonyl (C=O) groups excluding carboxylic acids is 1. The first-order valence-electron chi connectivity index (χ1n) is 5.75. The van der Waals surface area contributed by atoms with Crippen molar-refractivity contribution in [2.24, 2.45) is 0 Å². The molecule has 1 heterocycles. The third kappa shape index (κ3) is 2.33. The summed E-state index contributed by atoms with van der Waals surface area (Å²) >= 11 is 0. The summed E-state index contributed by atoms with van der Waals surface area (Å²) < 4.78 is 49.3. The molecule has 21 heavy (non-hydrogen) atoms. The highest BCUT2D eigenvalue weighted by atomic mass is 19.2. The Labute approximate surface area is 115 Å². The minimum atomic E-state index is -1.73. The number of hydrogen-bond acceptors (Lipinski definition) is 4. The summed E-state index contributed by atoms with van der Waals surface area (Å²) in [6, 6.07) is 5.77. The van der Waals surface area contributed by atoms with Crippen LogP contribution in [0, 0.1) is 17.5 Å². The van der Waals surface area contributed by atoms with Crippen LogP contribution in [0.25, 0.3) is 11.1 Å². The fourth-order valence-corrected chi connectivity index (χ4v) is 1.75. The summed E-state index contributed by atoms with van der Waals surface area (Å²) in [6.07, 6.45) is 1.21. The number of hydrogen-bond donors (Lipinski definition) is 0. The van der Waals surface area contributed by atoms with Gasteiger partial charge in [-0.3, -0.25) is 0 Å². The molecule has 0 N–H and O–H groups in total. The van der Waals surface area contributed by atoms with E-state index in [2.05, 4.69) is 4.98 Å². The maximum atomic E-state index is 13.5. The average molecular weight is 293 g/mol. The van der Waals surface area contributed by atoms with E-state index in [0.717, 1.165) is 6.07 Å². The van der Waals surface area contributed by atoms with E-state index in [9.17, 15) is 18.0 Å². The summed E-state index contributed by atoms with van der Waals surface area (Å²) in [7, 11) is 0.